The molecular weight excluding hydrogens is 252 g/mol. The van der Waals surface area contributed by atoms with Crippen molar-refractivity contribution in [2.24, 2.45) is 0 Å². The van der Waals surface area contributed by atoms with Crippen molar-refractivity contribution in [3.63, 3.8) is 0 Å². The van der Waals surface area contributed by atoms with E-state index >= 15 is 0 Å². The molecule has 0 aliphatic carbocycles. The van der Waals surface area contributed by atoms with Crippen molar-refractivity contribution in [3.8, 4) is 11.6 Å². The van der Waals surface area contributed by atoms with Gasteiger partial charge in [0.1, 0.15) is 16.7 Å². The average molecular weight is 265 g/mol. The Balaban J connectivity index is 2.33. The minimum absolute atomic E-state index is 0.0280. The van der Waals surface area contributed by atoms with Crippen LogP contribution in [0, 0.1) is 13.8 Å². The van der Waals surface area contributed by atoms with Crippen LogP contribution in [0.4, 0.5) is 0 Å². The summed E-state index contributed by atoms with van der Waals surface area (Å²) in [5.41, 5.74) is 1.47. The molecule has 2 aromatic rings. The van der Waals surface area contributed by atoms with Gasteiger partial charge in [-0.15, -0.1) is 0 Å². The Morgan fingerprint density at radius 2 is 2.06 bits per heavy atom. The van der Waals surface area contributed by atoms with Crippen molar-refractivity contribution in [3.05, 3.63) is 46.4 Å². The van der Waals surface area contributed by atoms with Crippen LogP contribution in [0.3, 0.4) is 0 Å². The highest BCUT2D eigenvalue weighted by molar-refractivity contribution is 6.30. The van der Waals surface area contributed by atoms with Gasteiger partial charge in [0.15, 0.2) is 0 Å². The molecule has 94 valence electrons. The minimum Gasteiger partial charge on any atom is -0.439 e. The Morgan fingerprint density at radius 3 is 2.78 bits per heavy atom. The van der Waals surface area contributed by atoms with E-state index < -0.39 is 0 Å². The van der Waals surface area contributed by atoms with Gasteiger partial charge in [-0.3, -0.25) is 0 Å². The van der Waals surface area contributed by atoms with Crippen molar-refractivity contribution in [2.45, 2.75) is 20.5 Å². The number of aliphatic hydroxyl groups excluding tert-OH is 1. The monoisotopic (exact) mass is 264 g/mol. The topological polar surface area (TPSA) is 55.2 Å². The maximum atomic E-state index is 9.07. The third kappa shape index (κ3) is 2.78. The van der Waals surface area contributed by atoms with Crippen LogP contribution in [0.2, 0.25) is 5.15 Å². The molecule has 0 saturated heterocycles. The number of nitrogens with zero attached hydrogens (tertiary/aromatic N) is 2. The van der Waals surface area contributed by atoms with Crippen LogP contribution in [0.15, 0.2) is 24.3 Å². The lowest BCUT2D eigenvalue weighted by Gasteiger charge is -2.09. The van der Waals surface area contributed by atoms with Crippen molar-refractivity contribution in [1.29, 1.82) is 0 Å². The van der Waals surface area contributed by atoms with E-state index in [1.165, 1.54) is 0 Å². The fourth-order valence-corrected chi connectivity index (χ4v) is 1.69. The van der Waals surface area contributed by atoms with Gasteiger partial charge < -0.3 is 9.84 Å². The van der Waals surface area contributed by atoms with Gasteiger partial charge in [0, 0.05) is 5.56 Å². The molecular formula is C13H13ClN2O2. The largest absolute Gasteiger partial charge is 0.439 e. The maximum Gasteiger partial charge on any atom is 0.226 e. The highest BCUT2D eigenvalue weighted by Gasteiger charge is 2.09. The van der Waals surface area contributed by atoms with Crippen molar-refractivity contribution < 1.29 is 9.84 Å². The standard InChI is InChI=1S/C13H13ClN2O2/c1-8-12(14)15-9(2)16-13(8)18-11-5-3-4-10(6-11)7-17/h3-6,17H,7H2,1-2H3. The van der Waals surface area contributed by atoms with Crippen LogP contribution >= 0.6 is 11.6 Å². The molecule has 1 aromatic carbocycles. The van der Waals surface area contributed by atoms with E-state index in [2.05, 4.69) is 9.97 Å². The van der Waals surface area contributed by atoms with Crippen LogP contribution in [-0.2, 0) is 6.61 Å². The van der Waals surface area contributed by atoms with E-state index in [4.69, 9.17) is 21.4 Å². The second-order valence-electron chi connectivity index (χ2n) is 3.90. The Kier molecular flexibility index (Phi) is 3.79. The number of ether oxygens (including phenoxy) is 1. The molecule has 0 unspecified atom stereocenters. The molecule has 0 fully saturated rings. The van der Waals surface area contributed by atoms with Gasteiger partial charge >= 0.3 is 0 Å². The predicted molar refractivity (Wildman–Crippen MR) is 69.0 cm³/mol. The fraction of sp³-hybridized carbons (Fsp3) is 0.231. The summed E-state index contributed by atoms with van der Waals surface area (Å²) in [6.07, 6.45) is 0. The first kappa shape index (κ1) is 12.8. The van der Waals surface area contributed by atoms with Gasteiger partial charge in [-0.1, -0.05) is 23.7 Å². The first-order chi connectivity index (χ1) is 8.60. The van der Waals surface area contributed by atoms with Gasteiger partial charge in [-0.2, -0.15) is 4.98 Å². The number of aliphatic hydroxyl groups is 1. The first-order valence-corrected chi connectivity index (χ1v) is 5.86. The van der Waals surface area contributed by atoms with E-state index in [9.17, 15) is 0 Å². The Labute approximate surface area is 110 Å². The Morgan fingerprint density at radius 1 is 1.28 bits per heavy atom. The van der Waals surface area contributed by atoms with Gasteiger partial charge in [0.05, 0.1) is 6.61 Å². The molecule has 4 nitrogen and oxygen atoms in total. The SMILES string of the molecule is Cc1nc(Cl)c(C)c(Oc2cccc(CO)c2)n1. The minimum atomic E-state index is -0.0280. The number of aromatic nitrogens is 2. The molecule has 0 aliphatic heterocycles. The van der Waals surface area contributed by atoms with Gasteiger partial charge in [0.25, 0.3) is 0 Å². The predicted octanol–water partition coefficient (Wildman–Crippen LogP) is 3.03. The second-order valence-corrected chi connectivity index (χ2v) is 4.26. The smallest absolute Gasteiger partial charge is 0.226 e. The molecule has 0 atom stereocenters. The Bertz CT molecular complexity index is 573. The molecule has 0 bridgehead atoms. The lowest BCUT2D eigenvalue weighted by molar-refractivity contribution is 0.281. The van der Waals surface area contributed by atoms with Gasteiger partial charge in [-0.05, 0) is 31.5 Å². The van der Waals surface area contributed by atoms with Gasteiger partial charge in [0.2, 0.25) is 5.88 Å². The molecule has 0 radical (unpaired) electrons. The Hall–Kier alpha value is -1.65. The summed E-state index contributed by atoms with van der Waals surface area (Å²) < 4.78 is 5.67. The van der Waals surface area contributed by atoms with Crippen LogP contribution in [0.25, 0.3) is 0 Å². The summed E-state index contributed by atoms with van der Waals surface area (Å²) in [6.45, 7) is 3.52. The lowest BCUT2D eigenvalue weighted by Crippen LogP contribution is -1.97. The quantitative estimate of drug-likeness (QED) is 0.866. The van der Waals surface area contributed by atoms with E-state index in [0.717, 1.165) is 5.56 Å². The highest BCUT2D eigenvalue weighted by Crippen LogP contribution is 2.27. The molecule has 0 saturated carbocycles. The summed E-state index contributed by atoms with van der Waals surface area (Å²) in [5, 5.41) is 9.45. The van der Waals surface area contributed by atoms with Crippen molar-refractivity contribution in [2.75, 3.05) is 0 Å². The maximum absolute atomic E-state index is 9.07. The van der Waals surface area contributed by atoms with Crippen LogP contribution in [-0.4, -0.2) is 15.1 Å². The third-order valence-electron chi connectivity index (χ3n) is 2.45. The second kappa shape index (κ2) is 5.33. The number of hydrogen-bond acceptors (Lipinski definition) is 4. The number of benzene rings is 1. The number of halogens is 1. The number of aryl methyl sites for hydroxylation is 1. The van der Waals surface area contributed by atoms with Crippen LogP contribution < -0.4 is 4.74 Å². The molecule has 18 heavy (non-hydrogen) atoms. The zero-order valence-electron chi connectivity index (χ0n) is 10.1. The van der Waals surface area contributed by atoms with E-state index in [0.29, 0.717) is 28.2 Å². The van der Waals surface area contributed by atoms with Crippen molar-refractivity contribution in [1.82, 2.24) is 9.97 Å². The number of rotatable bonds is 3. The van der Waals surface area contributed by atoms with Crippen molar-refractivity contribution >= 4 is 11.6 Å². The van der Waals surface area contributed by atoms with Crippen LogP contribution in [0.5, 0.6) is 11.6 Å². The number of hydrogen-bond donors (Lipinski definition) is 1. The summed E-state index contributed by atoms with van der Waals surface area (Å²) in [5.74, 6) is 1.60. The summed E-state index contributed by atoms with van der Waals surface area (Å²) in [6, 6.07) is 7.18. The molecule has 2 rings (SSSR count). The van der Waals surface area contributed by atoms with Gasteiger partial charge in [-0.25, -0.2) is 4.98 Å². The first-order valence-electron chi connectivity index (χ1n) is 5.48. The zero-order chi connectivity index (χ0) is 13.1. The van der Waals surface area contributed by atoms with E-state index in [1.54, 1.807) is 26.0 Å². The fourth-order valence-electron chi connectivity index (χ4n) is 1.49. The summed E-state index contributed by atoms with van der Waals surface area (Å²) in [4.78, 5) is 8.25. The third-order valence-corrected chi connectivity index (χ3v) is 2.82. The summed E-state index contributed by atoms with van der Waals surface area (Å²) in [7, 11) is 0. The van der Waals surface area contributed by atoms with Crippen LogP contribution in [0.1, 0.15) is 17.0 Å². The summed E-state index contributed by atoms with van der Waals surface area (Å²) >= 11 is 5.97. The molecule has 5 heteroatoms. The molecule has 1 heterocycles. The van der Waals surface area contributed by atoms with E-state index in [-0.39, 0.29) is 6.61 Å². The normalized spacial score (nSPS) is 10.4. The van der Waals surface area contributed by atoms with E-state index in [1.807, 2.05) is 12.1 Å². The molecule has 0 spiro atoms. The molecule has 1 N–H and O–H groups in total. The molecule has 0 aliphatic rings. The average Bonchev–Trinajstić information content (AvgIpc) is 2.35. The highest BCUT2D eigenvalue weighted by atomic mass is 35.5. The molecule has 0 amide bonds. The zero-order valence-corrected chi connectivity index (χ0v) is 10.9. The lowest BCUT2D eigenvalue weighted by atomic mass is 10.2. The molecule has 1 aromatic heterocycles.